The van der Waals surface area contributed by atoms with Gasteiger partial charge in [-0.25, -0.2) is 0 Å². The minimum Gasteiger partial charge on any atom is -0.493 e. The van der Waals surface area contributed by atoms with Crippen LogP contribution in [0.1, 0.15) is 35.3 Å². The molecule has 0 fully saturated rings. The number of benzene rings is 1. The zero-order valence-corrected chi connectivity index (χ0v) is 15.3. The molecule has 0 aliphatic heterocycles. The molecule has 128 valence electrons. The van der Waals surface area contributed by atoms with Crippen LogP contribution in [0.4, 0.5) is 0 Å². The van der Waals surface area contributed by atoms with Gasteiger partial charge in [-0.3, -0.25) is 0 Å². The van der Waals surface area contributed by atoms with E-state index in [0.29, 0.717) is 25.0 Å². The lowest BCUT2D eigenvalue weighted by atomic mass is 10.1. The van der Waals surface area contributed by atoms with Crippen molar-refractivity contribution in [2.24, 2.45) is 0 Å². The smallest absolute Gasteiger partial charge is 0.230 e. The van der Waals surface area contributed by atoms with Crippen molar-refractivity contribution in [1.82, 2.24) is 15.5 Å². The van der Waals surface area contributed by atoms with Crippen molar-refractivity contribution < 1.29 is 9.26 Å². The number of likely N-dealkylation sites (N-methyl/N-ethyl adjacent to an activating group) is 1. The van der Waals surface area contributed by atoms with Gasteiger partial charge in [0, 0.05) is 12.5 Å². The van der Waals surface area contributed by atoms with E-state index in [1.807, 2.05) is 7.05 Å². The second kappa shape index (κ2) is 8.89. The van der Waals surface area contributed by atoms with E-state index in [1.165, 1.54) is 16.7 Å². The molecule has 0 bridgehead atoms. The molecule has 23 heavy (non-hydrogen) atoms. The normalized spacial score (nSPS) is 11.9. The molecule has 1 N–H and O–H groups in total. The number of nitrogens with zero attached hydrogens (tertiary/aromatic N) is 2. The van der Waals surface area contributed by atoms with Gasteiger partial charge in [-0.2, -0.15) is 4.98 Å². The molecule has 1 unspecified atom stereocenters. The summed E-state index contributed by atoms with van der Waals surface area (Å²) in [6.45, 7) is 8.87. The molecule has 2 aromatic rings. The van der Waals surface area contributed by atoms with Gasteiger partial charge in [-0.05, 0) is 57.5 Å². The van der Waals surface area contributed by atoms with Crippen molar-refractivity contribution in [2.45, 2.75) is 46.6 Å². The second-order valence-corrected chi connectivity index (χ2v) is 5.80. The first-order valence-electron chi connectivity index (χ1n) is 7.69. The van der Waals surface area contributed by atoms with Gasteiger partial charge < -0.3 is 14.6 Å². The fourth-order valence-corrected chi connectivity index (χ4v) is 2.25. The number of aryl methyl sites for hydroxylation is 2. The fraction of sp³-hybridized carbons (Fsp3) is 0.529. The van der Waals surface area contributed by atoms with Crippen LogP contribution in [0.15, 0.2) is 16.7 Å². The van der Waals surface area contributed by atoms with Crippen LogP contribution in [0.3, 0.4) is 0 Å². The molecular formula is C17H26ClN3O2. The summed E-state index contributed by atoms with van der Waals surface area (Å²) < 4.78 is 11.1. The van der Waals surface area contributed by atoms with Gasteiger partial charge in [0.25, 0.3) is 0 Å². The first-order chi connectivity index (χ1) is 10.5. The molecule has 0 aliphatic rings. The van der Waals surface area contributed by atoms with E-state index >= 15 is 0 Å². The molecule has 0 amide bonds. The Morgan fingerprint density at radius 3 is 2.70 bits per heavy atom. The number of hydrogen-bond donors (Lipinski definition) is 1. The molecule has 0 saturated heterocycles. The molecule has 1 atom stereocenters. The molecule has 6 heteroatoms. The Kier molecular flexibility index (Phi) is 7.52. The Hall–Kier alpha value is -1.59. The van der Waals surface area contributed by atoms with Crippen molar-refractivity contribution in [3.05, 3.63) is 40.5 Å². The largest absolute Gasteiger partial charge is 0.493 e. The molecule has 0 spiro atoms. The Morgan fingerprint density at radius 2 is 2.00 bits per heavy atom. The number of hydrogen-bond acceptors (Lipinski definition) is 5. The van der Waals surface area contributed by atoms with E-state index in [9.17, 15) is 0 Å². The highest BCUT2D eigenvalue weighted by Gasteiger charge is 2.10. The summed E-state index contributed by atoms with van der Waals surface area (Å²) in [5, 5.41) is 7.15. The van der Waals surface area contributed by atoms with Gasteiger partial charge in [0.1, 0.15) is 5.75 Å². The van der Waals surface area contributed by atoms with Crippen LogP contribution in [0.2, 0.25) is 0 Å². The van der Waals surface area contributed by atoms with Crippen molar-refractivity contribution in [1.29, 1.82) is 0 Å². The summed E-state index contributed by atoms with van der Waals surface area (Å²) in [7, 11) is 1.92. The molecule has 1 heterocycles. The summed E-state index contributed by atoms with van der Waals surface area (Å²) in [6, 6.07) is 4.56. The number of rotatable bonds is 7. The lowest BCUT2D eigenvalue weighted by Gasteiger charge is -2.11. The number of nitrogens with one attached hydrogen (secondary N) is 1. The minimum absolute atomic E-state index is 0. The second-order valence-electron chi connectivity index (χ2n) is 5.80. The maximum atomic E-state index is 5.87. The molecule has 5 nitrogen and oxygen atoms in total. The van der Waals surface area contributed by atoms with Crippen LogP contribution >= 0.6 is 12.4 Å². The fourth-order valence-electron chi connectivity index (χ4n) is 2.25. The first-order valence-corrected chi connectivity index (χ1v) is 7.69. The van der Waals surface area contributed by atoms with Crippen molar-refractivity contribution >= 4 is 12.4 Å². The third kappa shape index (κ3) is 5.52. The summed E-state index contributed by atoms with van der Waals surface area (Å²) >= 11 is 0. The highest BCUT2D eigenvalue weighted by atomic mass is 35.5. The topological polar surface area (TPSA) is 60.2 Å². The van der Waals surface area contributed by atoms with Crippen LogP contribution < -0.4 is 10.1 Å². The number of ether oxygens (including phenoxy) is 1. The monoisotopic (exact) mass is 339 g/mol. The Labute approximate surface area is 144 Å². The zero-order chi connectivity index (χ0) is 16.1. The third-order valence-electron chi connectivity index (χ3n) is 3.83. The lowest BCUT2D eigenvalue weighted by molar-refractivity contribution is 0.290. The van der Waals surface area contributed by atoms with E-state index in [1.54, 1.807) is 0 Å². The van der Waals surface area contributed by atoms with E-state index < -0.39 is 0 Å². The zero-order valence-electron chi connectivity index (χ0n) is 14.5. The van der Waals surface area contributed by atoms with Gasteiger partial charge in [-0.1, -0.05) is 11.2 Å². The average molecular weight is 340 g/mol. The molecule has 0 saturated carbocycles. The van der Waals surface area contributed by atoms with E-state index in [0.717, 1.165) is 18.0 Å². The maximum Gasteiger partial charge on any atom is 0.230 e. The Morgan fingerprint density at radius 1 is 1.26 bits per heavy atom. The quantitative estimate of drug-likeness (QED) is 0.839. The predicted octanol–water partition coefficient (Wildman–Crippen LogP) is 3.19. The predicted molar refractivity (Wildman–Crippen MR) is 93.6 cm³/mol. The van der Waals surface area contributed by atoms with E-state index in [2.05, 4.69) is 55.3 Å². The number of aromatic nitrogens is 2. The highest BCUT2D eigenvalue weighted by Crippen LogP contribution is 2.23. The van der Waals surface area contributed by atoms with Crippen LogP contribution in [0.25, 0.3) is 0 Å². The van der Waals surface area contributed by atoms with E-state index in [-0.39, 0.29) is 12.4 Å². The third-order valence-corrected chi connectivity index (χ3v) is 3.83. The summed E-state index contributed by atoms with van der Waals surface area (Å²) in [5.41, 5.74) is 3.63. The van der Waals surface area contributed by atoms with Crippen molar-refractivity contribution in [3.8, 4) is 5.75 Å². The molecule has 0 aliphatic carbocycles. The van der Waals surface area contributed by atoms with Gasteiger partial charge >= 0.3 is 0 Å². The first kappa shape index (κ1) is 19.5. The summed E-state index contributed by atoms with van der Waals surface area (Å²) in [6.07, 6.45) is 1.38. The van der Waals surface area contributed by atoms with E-state index in [4.69, 9.17) is 9.26 Å². The molecule has 1 aromatic carbocycles. The van der Waals surface area contributed by atoms with Crippen LogP contribution in [-0.2, 0) is 12.8 Å². The molecular weight excluding hydrogens is 314 g/mol. The van der Waals surface area contributed by atoms with Crippen LogP contribution in [-0.4, -0.2) is 29.8 Å². The average Bonchev–Trinajstić information content (AvgIpc) is 2.91. The van der Waals surface area contributed by atoms with Crippen LogP contribution in [0.5, 0.6) is 5.75 Å². The maximum absolute atomic E-state index is 5.87. The molecule has 0 radical (unpaired) electrons. The molecule has 2 rings (SSSR count). The highest BCUT2D eigenvalue weighted by molar-refractivity contribution is 5.85. The van der Waals surface area contributed by atoms with Gasteiger partial charge in [0.05, 0.1) is 13.0 Å². The van der Waals surface area contributed by atoms with Gasteiger partial charge in [0.15, 0.2) is 5.82 Å². The lowest BCUT2D eigenvalue weighted by Crippen LogP contribution is -2.24. The molecule has 1 aromatic heterocycles. The standard InChI is InChI=1S/C17H25N3O2.ClH/c1-11-8-12(2)14(4)15(9-11)21-7-6-17-19-16(20-22-17)10-13(3)18-5;/h8-9,13,18H,6-7,10H2,1-5H3;1H. The van der Waals surface area contributed by atoms with Gasteiger partial charge in [0.2, 0.25) is 5.89 Å². The minimum atomic E-state index is 0. The summed E-state index contributed by atoms with van der Waals surface area (Å²) in [4.78, 5) is 4.39. The Balaban J connectivity index is 0.00000264. The number of halogens is 1. The van der Waals surface area contributed by atoms with Crippen LogP contribution in [0, 0.1) is 20.8 Å². The van der Waals surface area contributed by atoms with Crippen molar-refractivity contribution in [2.75, 3.05) is 13.7 Å². The van der Waals surface area contributed by atoms with Crippen molar-refractivity contribution in [3.63, 3.8) is 0 Å². The Bertz CT molecular complexity index is 628. The summed E-state index contributed by atoms with van der Waals surface area (Å²) in [5.74, 6) is 2.29. The van der Waals surface area contributed by atoms with Gasteiger partial charge in [-0.15, -0.1) is 12.4 Å². The SMILES string of the molecule is CNC(C)Cc1noc(CCOc2cc(C)cc(C)c2C)n1.Cl.